The molecule has 0 aliphatic carbocycles. The molecule has 0 heterocycles. The first kappa shape index (κ1) is 18.1. The van der Waals surface area contributed by atoms with Crippen molar-refractivity contribution < 1.29 is 27.8 Å². The van der Waals surface area contributed by atoms with Crippen LogP contribution < -0.4 is 15.4 Å². The van der Waals surface area contributed by atoms with E-state index in [1.165, 1.54) is 25.1 Å². The molecule has 0 aromatic heterocycles. The minimum atomic E-state index is -4.50. The number of benzene rings is 1. The first-order valence-corrected chi connectivity index (χ1v) is 6.71. The zero-order valence-electron chi connectivity index (χ0n) is 12.3. The first-order chi connectivity index (χ1) is 10.2. The average Bonchev–Trinajstić information content (AvgIpc) is 2.42. The Labute approximate surface area is 126 Å². The van der Waals surface area contributed by atoms with E-state index in [4.69, 9.17) is 9.84 Å². The fourth-order valence-corrected chi connectivity index (χ4v) is 1.60. The maximum Gasteiger partial charge on any atom is 0.419 e. The molecule has 1 aromatic carbocycles. The van der Waals surface area contributed by atoms with E-state index in [-0.39, 0.29) is 18.9 Å². The van der Waals surface area contributed by atoms with Gasteiger partial charge in [0.1, 0.15) is 12.4 Å². The average molecular weight is 320 g/mol. The van der Waals surface area contributed by atoms with E-state index in [2.05, 4.69) is 10.6 Å². The van der Waals surface area contributed by atoms with E-state index in [0.29, 0.717) is 0 Å². The second kappa shape index (κ2) is 7.88. The summed E-state index contributed by atoms with van der Waals surface area (Å²) in [6.07, 6.45) is -5.18. The standard InChI is InChI=1S/C14H19F3N2O3/c1-9(19-13(21)18-7-10(2)20)8-22-12-6-4-3-5-11(12)14(15,16)17/h3-6,9-10,20H,7-8H2,1-2H3,(H2,18,19,21)/t9-,10-/m1/s1. The van der Waals surface area contributed by atoms with Crippen molar-refractivity contribution in [2.75, 3.05) is 13.2 Å². The van der Waals surface area contributed by atoms with Gasteiger partial charge in [0.25, 0.3) is 0 Å². The highest BCUT2D eigenvalue weighted by molar-refractivity contribution is 5.74. The van der Waals surface area contributed by atoms with E-state index >= 15 is 0 Å². The number of rotatable bonds is 6. The van der Waals surface area contributed by atoms with Crippen LogP contribution in [0.15, 0.2) is 24.3 Å². The van der Waals surface area contributed by atoms with Gasteiger partial charge in [0, 0.05) is 6.54 Å². The van der Waals surface area contributed by atoms with Crippen LogP contribution in [0.5, 0.6) is 5.75 Å². The van der Waals surface area contributed by atoms with Crippen molar-refractivity contribution >= 4 is 6.03 Å². The van der Waals surface area contributed by atoms with Crippen molar-refractivity contribution in [1.82, 2.24) is 10.6 Å². The summed E-state index contributed by atoms with van der Waals surface area (Å²) in [5.41, 5.74) is -0.860. The molecular weight excluding hydrogens is 301 g/mol. The largest absolute Gasteiger partial charge is 0.491 e. The van der Waals surface area contributed by atoms with Crippen molar-refractivity contribution in [2.45, 2.75) is 32.2 Å². The Hall–Kier alpha value is -1.96. The highest BCUT2D eigenvalue weighted by atomic mass is 19.4. The summed E-state index contributed by atoms with van der Waals surface area (Å²) in [5, 5.41) is 13.9. The molecule has 0 saturated heterocycles. The second-order valence-corrected chi connectivity index (χ2v) is 4.91. The first-order valence-electron chi connectivity index (χ1n) is 6.71. The Morgan fingerprint density at radius 2 is 1.95 bits per heavy atom. The SMILES string of the molecule is C[C@H](COc1ccccc1C(F)(F)F)NC(=O)NC[C@@H](C)O. The predicted molar refractivity (Wildman–Crippen MR) is 74.6 cm³/mol. The molecule has 3 N–H and O–H groups in total. The van der Waals surface area contributed by atoms with Crippen LogP contribution >= 0.6 is 0 Å². The second-order valence-electron chi connectivity index (χ2n) is 4.91. The molecule has 0 unspecified atom stereocenters. The van der Waals surface area contributed by atoms with Crippen molar-refractivity contribution in [2.24, 2.45) is 0 Å². The normalized spacial score (nSPS) is 14.1. The van der Waals surface area contributed by atoms with Gasteiger partial charge in [-0.25, -0.2) is 4.79 Å². The molecule has 1 rings (SSSR count). The number of halogens is 3. The Kier molecular flexibility index (Phi) is 6.48. The number of hydrogen-bond donors (Lipinski definition) is 3. The number of hydrogen-bond acceptors (Lipinski definition) is 3. The van der Waals surface area contributed by atoms with Crippen molar-refractivity contribution in [1.29, 1.82) is 0 Å². The molecule has 124 valence electrons. The number of carbonyl (C=O) groups is 1. The third-order valence-corrected chi connectivity index (χ3v) is 2.62. The molecule has 0 radical (unpaired) electrons. The fourth-order valence-electron chi connectivity index (χ4n) is 1.60. The number of carbonyl (C=O) groups excluding carboxylic acids is 1. The van der Waals surface area contributed by atoms with Crippen LogP contribution in [0.1, 0.15) is 19.4 Å². The lowest BCUT2D eigenvalue weighted by Crippen LogP contribution is -2.45. The maximum atomic E-state index is 12.8. The minimum absolute atomic E-state index is 0.0797. The third kappa shape index (κ3) is 6.21. The lowest BCUT2D eigenvalue weighted by molar-refractivity contribution is -0.139. The Morgan fingerprint density at radius 3 is 2.55 bits per heavy atom. The molecule has 1 aromatic rings. The lowest BCUT2D eigenvalue weighted by Gasteiger charge is -2.18. The lowest BCUT2D eigenvalue weighted by atomic mass is 10.2. The van der Waals surface area contributed by atoms with Gasteiger partial charge in [-0.1, -0.05) is 12.1 Å². The van der Waals surface area contributed by atoms with Crippen molar-refractivity contribution in [3.8, 4) is 5.75 Å². The molecular formula is C14H19F3N2O3. The number of aliphatic hydroxyl groups excluding tert-OH is 1. The van der Waals surface area contributed by atoms with Crippen LogP contribution in [0, 0.1) is 0 Å². The van der Waals surface area contributed by atoms with E-state index in [0.717, 1.165) is 6.07 Å². The zero-order chi connectivity index (χ0) is 16.8. The Bertz CT molecular complexity index is 492. The maximum absolute atomic E-state index is 12.8. The number of para-hydroxylation sites is 1. The number of alkyl halides is 3. The quantitative estimate of drug-likeness (QED) is 0.752. The van der Waals surface area contributed by atoms with Gasteiger partial charge in [0.05, 0.1) is 17.7 Å². The van der Waals surface area contributed by atoms with Gasteiger partial charge < -0.3 is 20.5 Å². The van der Waals surface area contributed by atoms with Crippen LogP contribution in [0.25, 0.3) is 0 Å². The van der Waals surface area contributed by atoms with Gasteiger partial charge in [0.15, 0.2) is 0 Å². The van der Waals surface area contributed by atoms with Crippen molar-refractivity contribution in [3.63, 3.8) is 0 Å². The Morgan fingerprint density at radius 1 is 1.32 bits per heavy atom. The van der Waals surface area contributed by atoms with Crippen LogP contribution in [-0.4, -0.2) is 36.4 Å². The fraction of sp³-hybridized carbons (Fsp3) is 0.500. The molecule has 8 heteroatoms. The van der Waals surface area contributed by atoms with Crippen LogP contribution in [-0.2, 0) is 6.18 Å². The molecule has 0 bridgehead atoms. The Balaban J connectivity index is 2.51. The monoisotopic (exact) mass is 320 g/mol. The van der Waals surface area contributed by atoms with Gasteiger partial charge in [-0.2, -0.15) is 13.2 Å². The molecule has 0 spiro atoms. The van der Waals surface area contributed by atoms with Crippen LogP contribution in [0.2, 0.25) is 0 Å². The smallest absolute Gasteiger partial charge is 0.419 e. The van der Waals surface area contributed by atoms with Gasteiger partial charge in [-0.15, -0.1) is 0 Å². The third-order valence-electron chi connectivity index (χ3n) is 2.62. The van der Waals surface area contributed by atoms with E-state index in [1.54, 1.807) is 6.92 Å². The molecule has 0 aliphatic rings. The van der Waals surface area contributed by atoms with Gasteiger partial charge in [-0.3, -0.25) is 0 Å². The van der Waals surface area contributed by atoms with Gasteiger partial charge in [0.2, 0.25) is 0 Å². The molecule has 0 saturated carbocycles. The summed E-state index contributed by atoms with van der Waals surface area (Å²) in [4.78, 5) is 11.4. The number of amides is 2. The molecule has 22 heavy (non-hydrogen) atoms. The zero-order valence-corrected chi connectivity index (χ0v) is 12.3. The summed E-state index contributed by atoms with van der Waals surface area (Å²) >= 11 is 0. The molecule has 0 aliphatic heterocycles. The van der Waals surface area contributed by atoms with E-state index in [1.807, 2.05) is 0 Å². The van der Waals surface area contributed by atoms with Gasteiger partial charge in [-0.05, 0) is 26.0 Å². The number of aliphatic hydroxyl groups is 1. The predicted octanol–water partition coefficient (Wildman–Crippen LogP) is 2.15. The van der Waals surface area contributed by atoms with E-state index < -0.39 is 29.9 Å². The van der Waals surface area contributed by atoms with Gasteiger partial charge >= 0.3 is 12.2 Å². The molecule has 2 amide bonds. The molecule has 5 nitrogen and oxygen atoms in total. The summed E-state index contributed by atoms with van der Waals surface area (Å²) in [6.45, 7) is 3.07. The topological polar surface area (TPSA) is 70.6 Å². The number of ether oxygens (including phenoxy) is 1. The summed E-state index contributed by atoms with van der Waals surface area (Å²) in [7, 11) is 0. The summed E-state index contributed by atoms with van der Waals surface area (Å²) in [6, 6.07) is 3.85. The minimum Gasteiger partial charge on any atom is -0.491 e. The van der Waals surface area contributed by atoms with E-state index in [9.17, 15) is 18.0 Å². The highest BCUT2D eigenvalue weighted by Crippen LogP contribution is 2.35. The van der Waals surface area contributed by atoms with Crippen LogP contribution in [0.4, 0.5) is 18.0 Å². The summed E-state index contributed by atoms with van der Waals surface area (Å²) < 4.78 is 43.5. The van der Waals surface area contributed by atoms with Crippen LogP contribution in [0.3, 0.4) is 0 Å². The molecule has 0 fully saturated rings. The number of urea groups is 1. The number of nitrogens with one attached hydrogen (secondary N) is 2. The van der Waals surface area contributed by atoms with Crippen molar-refractivity contribution in [3.05, 3.63) is 29.8 Å². The summed E-state index contributed by atoms with van der Waals surface area (Å²) in [5.74, 6) is -0.284. The molecule has 2 atom stereocenters. The highest BCUT2D eigenvalue weighted by Gasteiger charge is 2.34.